The molecular formula is C37H29Cl2N8O2+. The van der Waals surface area contributed by atoms with Crippen molar-refractivity contribution in [3.63, 3.8) is 0 Å². The summed E-state index contributed by atoms with van der Waals surface area (Å²) in [4.78, 5) is 29.6. The molecule has 0 atom stereocenters. The van der Waals surface area contributed by atoms with Crippen LogP contribution in [0.4, 0.5) is 17.1 Å². The van der Waals surface area contributed by atoms with E-state index < -0.39 is 0 Å². The Balaban J connectivity index is 1.27. The number of anilines is 3. The first-order valence-corrected chi connectivity index (χ1v) is 16.3. The minimum atomic E-state index is -0.358. The molecule has 4 aromatic carbocycles. The van der Waals surface area contributed by atoms with Crippen LogP contribution in [0.15, 0.2) is 103 Å². The van der Waals surface area contributed by atoms with E-state index >= 15 is 0 Å². The van der Waals surface area contributed by atoms with Gasteiger partial charge in [0.1, 0.15) is 0 Å². The van der Waals surface area contributed by atoms with E-state index in [0.717, 1.165) is 38.9 Å². The molecule has 0 aliphatic carbocycles. The highest BCUT2D eigenvalue weighted by Gasteiger charge is 2.32. The Bertz CT molecular complexity index is 2470. The van der Waals surface area contributed by atoms with Gasteiger partial charge in [0.2, 0.25) is 12.2 Å². The fraction of sp³-hybridized carbons (Fsp3) is 0.108. The van der Waals surface area contributed by atoms with E-state index in [0.29, 0.717) is 39.0 Å². The normalized spacial score (nSPS) is 12.2. The van der Waals surface area contributed by atoms with Gasteiger partial charge < -0.3 is 15.5 Å². The topological polar surface area (TPSA) is 101 Å². The van der Waals surface area contributed by atoms with E-state index in [1.54, 1.807) is 53.2 Å². The van der Waals surface area contributed by atoms with E-state index in [4.69, 9.17) is 28.3 Å². The van der Waals surface area contributed by atoms with Crippen molar-refractivity contribution < 1.29 is 14.2 Å². The lowest BCUT2D eigenvalue weighted by Crippen LogP contribution is -2.39. The van der Waals surface area contributed by atoms with Gasteiger partial charge >= 0.3 is 0 Å². The third kappa shape index (κ3) is 5.44. The molecule has 0 fully saturated rings. The van der Waals surface area contributed by atoms with Crippen molar-refractivity contribution >= 4 is 73.9 Å². The Hall–Kier alpha value is -5.71. The molecule has 1 aliphatic heterocycles. The van der Waals surface area contributed by atoms with Crippen molar-refractivity contribution in [3.05, 3.63) is 130 Å². The number of hydrogen-bond donors (Lipinski definition) is 2. The van der Waals surface area contributed by atoms with Gasteiger partial charge in [-0.15, -0.1) is 0 Å². The first-order chi connectivity index (χ1) is 23.7. The third-order valence-corrected chi connectivity index (χ3v) is 9.21. The second kappa shape index (κ2) is 12.1. The number of para-hydroxylation sites is 2. The Morgan fingerprint density at radius 3 is 2.14 bits per heavy atom. The van der Waals surface area contributed by atoms with Crippen LogP contribution in [-0.4, -0.2) is 38.4 Å². The summed E-state index contributed by atoms with van der Waals surface area (Å²) < 4.78 is 5.64. The molecule has 4 heterocycles. The van der Waals surface area contributed by atoms with Crippen molar-refractivity contribution in [1.29, 1.82) is 0 Å². The molecule has 0 bridgehead atoms. The minimum absolute atomic E-state index is 0.255. The predicted molar refractivity (Wildman–Crippen MR) is 192 cm³/mol. The molecule has 7 aromatic rings. The zero-order valence-corrected chi connectivity index (χ0v) is 28.0. The number of rotatable bonds is 6. The minimum Gasteiger partial charge on any atom is -0.370 e. The van der Waals surface area contributed by atoms with E-state index in [2.05, 4.69) is 26.7 Å². The van der Waals surface area contributed by atoms with Crippen LogP contribution >= 0.6 is 23.2 Å². The zero-order valence-electron chi connectivity index (χ0n) is 26.5. The van der Waals surface area contributed by atoms with Crippen LogP contribution in [0.3, 0.4) is 0 Å². The highest BCUT2D eigenvalue weighted by atomic mass is 35.5. The number of nitrogens with one attached hydrogen (secondary N) is 2. The van der Waals surface area contributed by atoms with Crippen molar-refractivity contribution in [2.45, 2.75) is 13.2 Å². The van der Waals surface area contributed by atoms with Gasteiger partial charge in [0.15, 0.2) is 17.6 Å². The first-order valence-electron chi connectivity index (χ1n) is 15.6. The molecule has 2 amide bonds. The lowest BCUT2D eigenvalue weighted by molar-refractivity contribution is -0.675. The van der Waals surface area contributed by atoms with Gasteiger partial charge in [-0.3, -0.25) is 14.3 Å². The van der Waals surface area contributed by atoms with Gasteiger partial charge in [-0.1, -0.05) is 65.7 Å². The summed E-state index contributed by atoms with van der Waals surface area (Å²) in [5, 5.41) is 18.2. The number of hydrogen-bond acceptors (Lipinski definition) is 5. The number of halogens is 2. The van der Waals surface area contributed by atoms with Gasteiger partial charge in [-0.2, -0.15) is 14.8 Å². The molecule has 0 saturated heterocycles. The summed E-state index contributed by atoms with van der Waals surface area (Å²) in [5.74, 6) is -0.689. The number of fused-ring (bicyclic) bond motifs is 6. The number of amides is 2. The zero-order chi connectivity index (χ0) is 33.8. The summed E-state index contributed by atoms with van der Waals surface area (Å²) in [6.07, 6.45) is 1.93. The molecule has 49 heavy (non-hydrogen) atoms. The van der Waals surface area contributed by atoms with E-state index in [-0.39, 0.29) is 24.2 Å². The largest absolute Gasteiger partial charge is 0.370 e. The Morgan fingerprint density at radius 2 is 1.43 bits per heavy atom. The Labute approximate surface area is 291 Å². The fourth-order valence-electron chi connectivity index (χ4n) is 6.64. The van der Waals surface area contributed by atoms with E-state index in [9.17, 15) is 9.59 Å². The summed E-state index contributed by atoms with van der Waals surface area (Å²) in [7, 11) is 3.84. The van der Waals surface area contributed by atoms with Crippen LogP contribution in [0.5, 0.6) is 0 Å². The van der Waals surface area contributed by atoms with Gasteiger partial charge in [0.05, 0.1) is 22.0 Å². The summed E-state index contributed by atoms with van der Waals surface area (Å²) >= 11 is 12.4. The Kier molecular flexibility index (Phi) is 7.54. The summed E-state index contributed by atoms with van der Waals surface area (Å²) in [6, 6.07) is 30.1. The molecule has 10 nitrogen and oxygen atoms in total. The number of benzene rings is 4. The molecular weight excluding hydrogens is 659 g/mol. The highest BCUT2D eigenvalue weighted by Crippen LogP contribution is 2.40. The molecule has 3 aromatic heterocycles. The lowest BCUT2D eigenvalue weighted by Gasteiger charge is -2.28. The third-order valence-electron chi connectivity index (χ3n) is 8.74. The van der Waals surface area contributed by atoms with Crippen molar-refractivity contribution in [1.82, 2.24) is 19.6 Å². The molecule has 12 heteroatoms. The number of nitrogens with zero attached hydrogens (tertiary/aromatic N) is 6. The first kappa shape index (κ1) is 30.6. The fourth-order valence-corrected chi connectivity index (χ4v) is 7.02. The quantitative estimate of drug-likeness (QED) is 0.181. The van der Waals surface area contributed by atoms with Crippen molar-refractivity contribution in [2.75, 3.05) is 22.6 Å². The average Bonchev–Trinajstić information content (AvgIpc) is 3.62. The summed E-state index contributed by atoms with van der Waals surface area (Å²) in [6.45, 7) is 0.747. The molecule has 0 spiro atoms. The van der Waals surface area contributed by atoms with Gasteiger partial charge in [-0.25, -0.2) is 4.68 Å². The maximum absolute atomic E-state index is 13.8. The lowest BCUT2D eigenvalue weighted by atomic mass is 9.98. The SMILES string of the molecule is CN1Cc2c(C(=O)Nc3cccc(Cl)c3)nn(C[n+]3cc4c(C(=O)Nc5cccc(Cl)c5)nn(C)c4c4ccccc43)c2-c2ccccc21. The molecule has 8 rings (SSSR count). The molecule has 1 aliphatic rings. The molecule has 242 valence electrons. The number of pyridine rings is 1. The number of aryl methyl sites for hydroxylation is 1. The monoisotopic (exact) mass is 687 g/mol. The molecule has 2 N–H and O–H groups in total. The second-order valence-corrected chi connectivity index (χ2v) is 12.8. The van der Waals surface area contributed by atoms with Crippen LogP contribution in [0.2, 0.25) is 10.0 Å². The van der Waals surface area contributed by atoms with Gasteiger partial charge in [0, 0.05) is 64.9 Å². The smallest absolute Gasteiger partial charge is 0.277 e. The van der Waals surface area contributed by atoms with Gasteiger partial charge in [0.25, 0.3) is 11.8 Å². The number of carbonyl (C=O) groups excluding carboxylic acids is 2. The van der Waals surface area contributed by atoms with Crippen LogP contribution < -0.4 is 20.1 Å². The maximum atomic E-state index is 13.8. The predicted octanol–water partition coefficient (Wildman–Crippen LogP) is 7.14. The number of carbonyl (C=O) groups is 2. The number of aromatic nitrogens is 5. The van der Waals surface area contributed by atoms with Crippen LogP contribution in [0.25, 0.3) is 33.1 Å². The van der Waals surface area contributed by atoms with Gasteiger partial charge in [-0.05, 0) is 48.5 Å². The van der Waals surface area contributed by atoms with Crippen LogP contribution in [0, 0.1) is 0 Å². The second-order valence-electron chi connectivity index (χ2n) is 12.0. The van der Waals surface area contributed by atoms with E-state index in [1.807, 2.05) is 72.0 Å². The molecule has 0 saturated carbocycles. The van der Waals surface area contributed by atoms with Crippen LogP contribution in [0.1, 0.15) is 26.5 Å². The summed E-state index contributed by atoms with van der Waals surface area (Å²) in [5.41, 5.74) is 7.15. The van der Waals surface area contributed by atoms with Crippen molar-refractivity contribution in [2.24, 2.45) is 7.05 Å². The molecule has 0 radical (unpaired) electrons. The average molecular weight is 689 g/mol. The molecule has 0 unspecified atom stereocenters. The Morgan fingerprint density at radius 1 is 0.776 bits per heavy atom. The maximum Gasteiger partial charge on any atom is 0.277 e. The van der Waals surface area contributed by atoms with E-state index in [1.165, 1.54) is 0 Å². The van der Waals surface area contributed by atoms with Crippen molar-refractivity contribution in [3.8, 4) is 11.3 Å². The highest BCUT2D eigenvalue weighted by molar-refractivity contribution is 6.31. The standard InChI is InChI=1S/C37H28Cl2N8O2/c1-44-19-28-33(37(49)41-25-12-8-10-23(39)18-25)43-47(35(28)26-13-3-5-15-30(26)44)21-46-20-29-32(36(48)40-24-11-7-9-22(38)17-24)42-45(2)34(29)27-14-4-6-16-31(27)46/h3-18,20H,19,21H2,1-2H3,(H-,40,41,48,49)/p+1. The van der Waals surface area contributed by atoms with Crippen LogP contribution in [-0.2, 0) is 20.3 Å².